The first-order valence-corrected chi connectivity index (χ1v) is 12.4. The highest BCUT2D eigenvalue weighted by Crippen LogP contribution is 2.35. The Balaban J connectivity index is 1.41. The van der Waals surface area contributed by atoms with Crippen molar-refractivity contribution < 1.29 is 0 Å². The van der Waals surface area contributed by atoms with E-state index in [0.29, 0.717) is 32.8 Å². The quantitative estimate of drug-likeness (QED) is 0.206. The molecular weight excluding hydrogens is 519 g/mol. The van der Waals surface area contributed by atoms with Crippen LogP contribution in [-0.4, -0.2) is 28.2 Å². The number of azo groups is 3. The summed E-state index contributed by atoms with van der Waals surface area (Å²) in [7, 11) is 7.95. The number of anilines is 2. The molecule has 0 spiro atoms. The predicted molar refractivity (Wildman–Crippen MR) is 157 cm³/mol. The molecule has 8 nitrogen and oxygen atoms in total. The lowest BCUT2D eigenvalue weighted by molar-refractivity contribution is 1.13. The van der Waals surface area contributed by atoms with Crippen LogP contribution in [0.4, 0.5) is 45.5 Å². The zero-order valence-electron chi connectivity index (χ0n) is 21.4. The number of nitrogens with zero attached hydrogens (tertiary/aromatic N) is 8. The Morgan fingerprint density at radius 2 is 0.737 bits per heavy atom. The number of rotatable bonds is 8. The molecule has 0 fully saturated rings. The molecule has 0 atom stereocenters. The molecule has 38 heavy (non-hydrogen) atoms. The Kier molecular flexibility index (Phi) is 8.78. The standard InChI is InChI=1S/C28H26Cl2N8/c1-37(2)23-11-5-19(6-12-23)31-33-21-9-15-27(25(29)17-21)35-36-28-16-10-22(18-26(28)30)34-32-20-7-13-24(14-8-20)38(3)4/h5-18H,1-4H3/b33-31?,34-32?,36-35+. The summed E-state index contributed by atoms with van der Waals surface area (Å²) in [5, 5.41) is 26.3. The molecule has 0 aliphatic heterocycles. The molecular formula is C28H26Cl2N8. The van der Waals surface area contributed by atoms with Gasteiger partial charge in [0.25, 0.3) is 0 Å². The number of benzene rings is 4. The van der Waals surface area contributed by atoms with E-state index in [-0.39, 0.29) is 0 Å². The molecule has 0 aliphatic rings. The van der Waals surface area contributed by atoms with Crippen molar-refractivity contribution in [2.75, 3.05) is 38.0 Å². The van der Waals surface area contributed by atoms with Crippen LogP contribution in [0.25, 0.3) is 0 Å². The summed E-state index contributed by atoms with van der Waals surface area (Å²) >= 11 is 12.8. The van der Waals surface area contributed by atoms with Crippen molar-refractivity contribution in [2.24, 2.45) is 30.7 Å². The van der Waals surface area contributed by atoms with Gasteiger partial charge in [0.2, 0.25) is 0 Å². The van der Waals surface area contributed by atoms with E-state index in [1.165, 1.54) is 0 Å². The van der Waals surface area contributed by atoms with Gasteiger partial charge in [0.05, 0.1) is 32.8 Å². The first-order chi connectivity index (χ1) is 18.3. The highest BCUT2D eigenvalue weighted by atomic mass is 35.5. The third-order valence-corrected chi connectivity index (χ3v) is 6.03. The first-order valence-electron chi connectivity index (χ1n) is 11.7. The lowest BCUT2D eigenvalue weighted by atomic mass is 10.3. The summed E-state index contributed by atoms with van der Waals surface area (Å²) < 4.78 is 0. The molecule has 4 aromatic rings. The van der Waals surface area contributed by atoms with Crippen molar-refractivity contribution >= 4 is 68.7 Å². The van der Waals surface area contributed by atoms with Crippen molar-refractivity contribution in [3.8, 4) is 0 Å². The van der Waals surface area contributed by atoms with E-state index in [4.69, 9.17) is 23.2 Å². The van der Waals surface area contributed by atoms with Gasteiger partial charge < -0.3 is 9.80 Å². The van der Waals surface area contributed by atoms with Crippen LogP contribution in [0.3, 0.4) is 0 Å². The van der Waals surface area contributed by atoms with Crippen molar-refractivity contribution in [3.05, 3.63) is 95.0 Å². The maximum Gasteiger partial charge on any atom is 0.104 e. The maximum absolute atomic E-state index is 6.40. The van der Waals surface area contributed by atoms with Crippen molar-refractivity contribution in [1.29, 1.82) is 0 Å². The molecule has 0 saturated carbocycles. The summed E-state index contributed by atoms with van der Waals surface area (Å²) in [6.45, 7) is 0. The number of hydrogen-bond donors (Lipinski definition) is 0. The monoisotopic (exact) mass is 544 g/mol. The van der Waals surface area contributed by atoms with Crippen LogP contribution < -0.4 is 9.80 Å². The third-order valence-electron chi connectivity index (χ3n) is 5.42. The summed E-state index contributed by atoms with van der Waals surface area (Å²) in [6.07, 6.45) is 0. The van der Waals surface area contributed by atoms with Gasteiger partial charge in [0.15, 0.2) is 0 Å². The molecule has 0 bridgehead atoms. The van der Waals surface area contributed by atoms with Crippen molar-refractivity contribution in [3.63, 3.8) is 0 Å². The van der Waals surface area contributed by atoms with Gasteiger partial charge in [-0.2, -0.15) is 20.5 Å². The molecule has 0 aliphatic carbocycles. The Bertz CT molecular complexity index is 1370. The van der Waals surface area contributed by atoms with Gasteiger partial charge in [-0.25, -0.2) is 0 Å². The minimum absolute atomic E-state index is 0.398. The smallest absolute Gasteiger partial charge is 0.104 e. The fourth-order valence-corrected chi connectivity index (χ4v) is 3.68. The van der Waals surface area contributed by atoms with E-state index in [2.05, 4.69) is 30.7 Å². The summed E-state index contributed by atoms with van der Waals surface area (Å²) in [5.41, 5.74) is 5.86. The molecule has 0 N–H and O–H groups in total. The Labute approximate surface area is 232 Å². The van der Waals surface area contributed by atoms with Crippen LogP contribution in [0.2, 0.25) is 10.0 Å². The Morgan fingerprint density at radius 1 is 0.421 bits per heavy atom. The van der Waals surface area contributed by atoms with Crippen LogP contribution in [0, 0.1) is 0 Å². The minimum Gasteiger partial charge on any atom is -0.378 e. The van der Waals surface area contributed by atoms with Crippen LogP contribution >= 0.6 is 23.2 Å². The Hall–Kier alpha value is -4.14. The average Bonchev–Trinajstić information content (AvgIpc) is 2.91. The molecule has 0 radical (unpaired) electrons. The fraction of sp³-hybridized carbons (Fsp3) is 0.143. The van der Waals surface area contributed by atoms with Gasteiger partial charge in [0.1, 0.15) is 11.4 Å². The maximum atomic E-state index is 6.40. The summed E-state index contributed by atoms with van der Waals surface area (Å²) in [5.74, 6) is 0. The number of hydrogen-bond acceptors (Lipinski definition) is 8. The second-order valence-electron chi connectivity index (χ2n) is 8.69. The molecule has 4 aromatic carbocycles. The topological polar surface area (TPSA) is 80.6 Å². The molecule has 0 heterocycles. The highest BCUT2D eigenvalue weighted by molar-refractivity contribution is 6.33. The second-order valence-corrected chi connectivity index (χ2v) is 9.51. The fourth-order valence-electron chi connectivity index (χ4n) is 3.25. The average molecular weight is 545 g/mol. The molecule has 0 amide bonds. The summed E-state index contributed by atoms with van der Waals surface area (Å²) in [6, 6.07) is 25.9. The van der Waals surface area contributed by atoms with E-state index < -0.39 is 0 Å². The van der Waals surface area contributed by atoms with Gasteiger partial charge >= 0.3 is 0 Å². The van der Waals surface area contributed by atoms with E-state index in [0.717, 1.165) is 22.7 Å². The summed E-state index contributed by atoms with van der Waals surface area (Å²) in [4.78, 5) is 4.04. The van der Waals surface area contributed by atoms with Crippen LogP contribution in [0.15, 0.2) is 116 Å². The van der Waals surface area contributed by atoms with E-state index in [9.17, 15) is 0 Å². The SMILES string of the molecule is CN(C)c1ccc(N=Nc2ccc(/N=N/c3ccc(N=Nc4ccc(N(C)C)cc4)cc3Cl)c(Cl)c2)cc1. The van der Waals surface area contributed by atoms with Crippen LogP contribution in [-0.2, 0) is 0 Å². The lowest BCUT2D eigenvalue weighted by Crippen LogP contribution is -2.07. The second kappa shape index (κ2) is 12.4. The normalized spacial score (nSPS) is 11.6. The van der Waals surface area contributed by atoms with E-state index >= 15 is 0 Å². The van der Waals surface area contributed by atoms with E-state index in [1.807, 2.05) is 86.5 Å². The molecule has 0 aromatic heterocycles. The lowest BCUT2D eigenvalue weighted by Gasteiger charge is -2.11. The predicted octanol–water partition coefficient (Wildman–Crippen LogP) is 10.4. The molecule has 10 heteroatoms. The molecule has 0 saturated heterocycles. The van der Waals surface area contributed by atoms with Gasteiger partial charge in [-0.15, -0.1) is 10.2 Å². The minimum atomic E-state index is 0.398. The molecule has 0 unspecified atom stereocenters. The van der Waals surface area contributed by atoms with Gasteiger partial charge in [-0.05, 0) is 84.9 Å². The van der Waals surface area contributed by atoms with Gasteiger partial charge in [-0.3, -0.25) is 0 Å². The molecule has 192 valence electrons. The van der Waals surface area contributed by atoms with Crippen molar-refractivity contribution in [2.45, 2.75) is 0 Å². The Morgan fingerprint density at radius 3 is 1.05 bits per heavy atom. The zero-order chi connectivity index (χ0) is 27.1. The van der Waals surface area contributed by atoms with Gasteiger partial charge in [-0.1, -0.05) is 23.2 Å². The van der Waals surface area contributed by atoms with Gasteiger partial charge in [0, 0.05) is 39.6 Å². The third kappa shape index (κ3) is 7.21. The van der Waals surface area contributed by atoms with Crippen LogP contribution in [0.5, 0.6) is 0 Å². The first kappa shape index (κ1) is 26.9. The van der Waals surface area contributed by atoms with Crippen molar-refractivity contribution in [1.82, 2.24) is 0 Å². The van der Waals surface area contributed by atoms with E-state index in [1.54, 1.807) is 36.4 Å². The molecule has 4 rings (SSSR count). The highest BCUT2D eigenvalue weighted by Gasteiger charge is 2.05. The van der Waals surface area contributed by atoms with Crippen LogP contribution in [0.1, 0.15) is 0 Å². The number of halogens is 2. The zero-order valence-corrected chi connectivity index (χ0v) is 22.9. The largest absolute Gasteiger partial charge is 0.378 e.